The molecule has 1 N–H and O–H groups in total. The molecule has 106 valence electrons. The van der Waals surface area contributed by atoms with Crippen molar-refractivity contribution in [3.05, 3.63) is 59.2 Å². The van der Waals surface area contributed by atoms with Crippen molar-refractivity contribution in [3.8, 4) is 5.75 Å². The number of rotatable bonds is 5. The molecule has 0 bridgehead atoms. The number of ether oxygens (including phenoxy) is 1. The Morgan fingerprint density at radius 1 is 1.05 bits per heavy atom. The van der Waals surface area contributed by atoms with Crippen LogP contribution in [0.15, 0.2) is 36.4 Å². The summed E-state index contributed by atoms with van der Waals surface area (Å²) >= 11 is 0. The first-order chi connectivity index (χ1) is 9.58. The molecule has 2 aromatic carbocycles. The number of hydrogen-bond acceptors (Lipinski definition) is 2. The number of benzene rings is 2. The van der Waals surface area contributed by atoms with Gasteiger partial charge in [-0.1, -0.05) is 6.07 Å². The van der Waals surface area contributed by atoms with E-state index in [-0.39, 0.29) is 0 Å². The van der Waals surface area contributed by atoms with Crippen molar-refractivity contribution in [2.75, 3.05) is 11.9 Å². The van der Waals surface area contributed by atoms with Crippen molar-refractivity contribution in [1.29, 1.82) is 0 Å². The van der Waals surface area contributed by atoms with Gasteiger partial charge >= 0.3 is 0 Å². The predicted molar refractivity (Wildman–Crippen MR) is 76.0 cm³/mol. The summed E-state index contributed by atoms with van der Waals surface area (Å²) in [5.74, 6) is -0.407. The SMILES string of the molecule is CCOc1cc(C)ccc1NCc1cc(F)cc(F)c1. The Labute approximate surface area is 117 Å². The average molecular weight is 277 g/mol. The highest BCUT2D eigenvalue weighted by atomic mass is 19.1. The fraction of sp³-hybridized carbons (Fsp3) is 0.250. The minimum absolute atomic E-state index is 0.331. The third-order valence-electron chi connectivity index (χ3n) is 2.84. The van der Waals surface area contributed by atoms with Gasteiger partial charge in [0.25, 0.3) is 0 Å². The molecular formula is C16H17F2NO. The van der Waals surface area contributed by atoms with Gasteiger partial charge in [0, 0.05) is 12.6 Å². The molecule has 0 aliphatic heterocycles. The number of nitrogens with one attached hydrogen (secondary N) is 1. The Hall–Kier alpha value is -2.10. The smallest absolute Gasteiger partial charge is 0.142 e. The Morgan fingerprint density at radius 3 is 2.40 bits per heavy atom. The molecule has 0 atom stereocenters. The fourth-order valence-electron chi connectivity index (χ4n) is 1.96. The maximum Gasteiger partial charge on any atom is 0.142 e. The van der Waals surface area contributed by atoms with E-state index in [0.29, 0.717) is 18.7 Å². The van der Waals surface area contributed by atoms with Crippen molar-refractivity contribution in [2.24, 2.45) is 0 Å². The maximum absolute atomic E-state index is 13.1. The van der Waals surface area contributed by atoms with Crippen LogP contribution in [0, 0.1) is 18.6 Å². The normalized spacial score (nSPS) is 10.4. The summed E-state index contributed by atoms with van der Waals surface area (Å²) < 4.78 is 31.8. The van der Waals surface area contributed by atoms with Crippen molar-refractivity contribution in [2.45, 2.75) is 20.4 Å². The first kappa shape index (κ1) is 14.3. The minimum atomic E-state index is -0.573. The van der Waals surface area contributed by atoms with Crippen LogP contribution in [0.1, 0.15) is 18.1 Å². The molecule has 0 radical (unpaired) electrons. The lowest BCUT2D eigenvalue weighted by Crippen LogP contribution is -2.03. The zero-order valence-corrected chi connectivity index (χ0v) is 11.5. The van der Waals surface area contributed by atoms with E-state index in [9.17, 15) is 8.78 Å². The van der Waals surface area contributed by atoms with E-state index < -0.39 is 11.6 Å². The van der Waals surface area contributed by atoms with Gasteiger partial charge in [0.15, 0.2) is 0 Å². The number of aryl methyl sites for hydroxylation is 1. The highest BCUT2D eigenvalue weighted by Gasteiger charge is 2.05. The number of hydrogen-bond donors (Lipinski definition) is 1. The molecule has 0 unspecified atom stereocenters. The first-order valence-corrected chi connectivity index (χ1v) is 6.51. The van der Waals surface area contributed by atoms with E-state index in [1.54, 1.807) is 0 Å². The minimum Gasteiger partial charge on any atom is -0.492 e. The Kier molecular flexibility index (Phi) is 4.56. The molecule has 2 aromatic rings. The molecule has 0 heterocycles. The molecule has 2 rings (SSSR count). The van der Waals surface area contributed by atoms with E-state index in [4.69, 9.17) is 4.74 Å². The van der Waals surface area contributed by atoms with E-state index in [1.165, 1.54) is 12.1 Å². The molecule has 0 fully saturated rings. The highest BCUT2D eigenvalue weighted by molar-refractivity contribution is 5.57. The predicted octanol–water partition coefficient (Wildman–Crippen LogP) is 4.28. The summed E-state index contributed by atoms with van der Waals surface area (Å²) in [5, 5.41) is 3.14. The van der Waals surface area contributed by atoms with Crippen molar-refractivity contribution < 1.29 is 13.5 Å². The van der Waals surface area contributed by atoms with E-state index >= 15 is 0 Å². The standard InChI is InChI=1S/C16H17F2NO/c1-3-20-16-6-11(2)4-5-15(16)19-10-12-7-13(17)9-14(18)8-12/h4-9,19H,3,10H2,1-2H3. The third kappa shape index (κ3) is 3.70. The van der Waals surface area contributed by atoms with Crippen LogP contribution in [0.3, 0.4) is 0 Å². The summed E-state index contributed by atoms with van der Waals surface area (Å²) in [6, 6.07) is 9.27. The molecule has 20 heavy (non-hydrogen) atoms. The second-order valence-electron chi connectivity index (χ2n) is 4.56. The van der Waals surface area contributed by atoms with Gasteiger partial charge in [0.1, 0.15) is 17.4 Å². The summed E-state index contributed by atoms with van der Waals surface area (Å²) in [5.41, 5.74) is 2.45. The zero-order chi connectivity index (χ0) is 14.5. The van der Waals surface area contributed by atoms with Gasteiger partial charge in [0.05, 0.1) is 12.3 Å². The van der Waals surface area contributed by atoms with Crippen LogP contribution < -0.4 is 10.1 Å². The Morgan fingerprint density at radius 2 is 1.75 bits per heavy atom. The topological polar surface area (TPSA) is 21.3 Å². The summed E-state index contributed by atoms with van der Waals surface area (Å²) in [4.78, 5) is 0. The Bertz CT molecular complexity index is 579. The number of halogens is 2. The summed E-state index contributed by atoms with van der Waals surface area (Å²) in [6.07, 6.45) is 0. The van der Waals surface area contributed by atoms with E-state index in [0.717, 1.165) is 23.1 Å². The lowest BCUT2D eigenvalue weighted by atomic mass is 10.2. The Balaban J connectivity index is 2.13. The summed E-state index contributed by atoms with van der Waals surface area (Å²) in [7, 11) is 0. The average Bonchev–Trinajstić information content (AvgIpc) is 2.37. The lowest BCUT2D eigenvalue weighted by molar-refractivity contribution is 0.341. The van der Waals surface area contributed by atoms with Gasteiger partial charge in [-0.15, -0.1) is 0 Å². The maximum atomic E-state index is 13.1. The first-order valence-electron chi connectivity index (χ1n) is 6.51. The monoisotopic (exact) mass is 277 g/mol. The molecule has 0 spiro atoms. The fourth-order valence-corrected chi connectivity index (χ4v) is 1.96. The van der Waals surface area contributed by atoms with Gasteiger partial charge in [-0.2, -0.15) is 0 Å². The molecule has 0 saturated heterocycles. The molecule has 0 aromatic heterocycles. The highest BCUT2D eigenvalue weighted by Crippen LogP contribution is 2.26. The molecular weight excluding hydrogens is 260 g/mol. The molecule has 0 amide bonds. The van der Waals surface area contributed by atoms with Crippen LogP contribution in [0.5, 0.6) is 5.75 Å². The van der Waals surface area contributed by atoms with Crippen molar-refractivity contribution in [3.63, 3.8) is 0 Å². The van der Waals surface area contributed by atoms with Crippen LogP contribution in [-0.2, 0) is 6.54 Å². The zero-order valence-electron chi connectivity index (χ0n) is 11.5. The largest absolute Gasteiger partial charge is 0.492 e. The van der Waals surface area contributed by atoms with Crippen LogP contribution in [-0.4, -0.2) is 6.61 Å². The van der Waals surface area contributed by atoms with Gasteiger partial charge in [0.2, 0.25) is 0 Å². The van der Waals surface area contributed by atoms with E-state index in [2.05, 4.69) is 5.32 Å². The van der Waals surface area contributed by atoms with Crippen LogP contribution in [0.25, 0.3) is 0 Å². The van der Waals surface area contributed by atoms with E-state index in [1.807, 2.05) is 32.0 Å². The third-order valence-corrected chi connectivity index (χ3v) is 2.84. The second-order valence-corrected chi connectivity index (χ2v) is 4.56. The molecule has 0 saturated carbocycles. The van der Waals surface area contributed by atoms with Crippen LogP contribution in [0.4, 0.5) is 14.5 Å². The second kappa shape index (κ2) is 6.37. The molecule has 0 aliphatic carbocycles. The summed E-state index contributed by atoms with van der Waals surface area (Å²) in [6.45, 7) is 4.78. The van der Waals surface area contributed by atoms with Gasteiger partial charge in [-0.3, -0.25) is 0 Å². The quantitative estimate of drug-likeness (QED) is 0.880. The van der Waals surface area contributed by atoms with Crippen molar-refractivity contribution >= 4 is 5.69 Å². The molecule has 2 nitrogen and oxygen atoms in total. The van der Waals surface area contributed by atoms with Crippen LogP contribution in [0.2, 0.25) is 0 Å². The molecule has 4 heteroatoms. The van der Waals surface area contributed by atoms with Gasteiger partial charge in [-0.25, -0.2) is 8.78 Å². The van der Waals surface area contributed by atoms with Crippen molar-refractivity contribution in [1.82, 2.24) is 0 Å². The van der Waals surface area contributed by atoms with Gasteiger partial charge < -0.3 is 10.1 Å². The lowest BCUT2D eigenvalue weighted by Gasteiger charge is -2.13. The van der Waals surface area contributed by atoms with Gasteiger partial charge in [-0.05, 0) is 49.2 Å². The number of anilines is 1. The molecule has 0 aliphatic rings. The van der Waals surface area contributed by atoms with Crippen LogP contribution >= 0.6 is 0 Å².